The Hall–Kier alpha value is -0.580. The molecule has 0 saturated heterocycles. The normalized spacial score (nSPS) is 14.4. The van der Waals surface area contributed by atoms with Crippen molar-refractivity contribution in [2.24, 2.45) is 5.73 Å². The first kappa shape index (κ1) is 15.5. The van der Waals surface area contributed by atoms with Gasteiger partial charge in [-0.3, -0.25) is 0 Å². The molecule has 0 aromatic heterocycles. The average molecular weight is 316 g/mol. The molecular weight excluding hydrogens is 294 g/mol. The average Bonchev–Trinajstić information content (AvgIpc) is 2.39. The molecular formula is C14H22BrNO2. The largest absolute Gasteiger partial charge is 0.496 e. The Kier molecular flexibility index (Phi) is 4.81. The maximum Gasteiger partial charge on any atom is 0.126 e. The number of methoxy groups -OCH3 is 1. The lowest BCUT2D eigenvalue weighted by Gasteiger charge is -2.31. The lowest BCUT2D eigenvalue weighted by atomic mass is 9.78. The molecule has 0 amide bonds. The third kappa shape index (κ3) is 2.29. The maximum atomic E-state index is 9.68. The van der Waals surface area contributed by atoms with Crippen LogP contribution in [0.25, 0.3) is 0 Å². The third-order valence-corrected chi connectivity index (χ3v) is 4.96. The number of hydrogen-bond acceptors (Lipinski definition) is 3. The Balaban J connectivity index is 3.72. The van der Waals surface area contributed by atoms with Gasteiger partial charge < -0.3 is 15.6 Å². The molecule has 1 atom stereocenters. The van der Waals surface area contributed by atoms with Gasteiger partial charge in [0.1, 0.15) is 5.75 Å². The number of ether oxygens (including phenoxy) is 1. The fraction of sp³-hybridized carbons (Fsp3) is 0.571. The number of nitrogens with two attached hydrogens (primary N) is 1. The Morgan fingerprint density at radius 3 is 2.17 bits per heavy atom. The van der Waals surface area contributed by atoms with Crippen molar-refractivity contribution < 1.29 is 9.84 Å². The number of rotatable bonds is 4. The summed E-state index contributed by atoms with van der Waals surface area (Å²) in [6.45, 7) is 8.43. The van der Waals surface area contributed by atoms with Gasteiger partial charge in [0.2, 0.25) is 0 Å². The van der Waals surface area contributed by atoms with Crippen LogP contribution in [-0.4, -0.2) is 25.4 Å². The molecule has 1 aromatic rings. The Morgan fingerprint density at radius 2 is 1.78 bits per heavy atom. The molecule has 3 nitrogen and oxygen atoms in total. The van der Waals surface area contributed by atoms with Gasteiger partial charge in [-0.15, -0.1) is 0 Å². The predicted molar refractivity (Wildman–Crippen MR) is 78.4 cm³/mol. The molecule has 0 heterocycles. The number of aliphatic hydroxyl groups excluding tert-OH is 1. The van der Waals surface area contributed by atoms with Gasteiger partial charge in [-0.1, -0.05) is 22.9 Å². The van der Waals surface area contributed by atoms with Crippen molar-refractivity contribution in [1.82, 2.24) is 0 Å². The lowest BCUT2D eigenvalue weighted by molar-refractivity contribution is 0.206. The predicted octanol–water partition coefficient (Wildman–Crippen LogP) is 2.59. The molecule has 0 radical (unpaired) electrons. The van der Waals surface area contributed by atoms with Gasteiger partial charge in [0.05, 0.1) is 13.7 Å². The number of halogens is 1. The molecule has 0 bridgehead atoms. The highest BCUT2D eigenvalue weighted by Crippen LogP contribution is 2.41. The minimum atomic E-state index is -0.490. The van der Waals surface area contributed by atoms with E-state index in [-0.39, 0.29) is 6.61 Å². The molecule has 3 N–H and O–H groups in total. The first-order valence-corrected chi connectivity index (χ1v) is 6.78. The fourth-order valence-corrected chi connectivity index (χ4v) is 2.81. The van der Waals surface area contributed by atoms with Gasteiger partial charge in [-0.2, -0.15) is 0 Å². The SMILES string of the molecule is COc1c(C)c(C)c(Br)c(C)c1C(C)(CN)CO. The third-order valence-electron chi connectivity index (χ3n) is 3.77. The van der Waals surface area contributed by atoms with Crippen molar-refractivity contribution in [2.45, 2.75) is 33.1 Å². The van der Waals surface area contributed by atoms with E-state index in [0.717, 1.165) is 32.5 Å². The van der Waals surface area contributed by atoms with E-state index >= 15 is 0 Å². The molecule has 1 unspecified atom stereocenters. The standard InChI is InChI=1S/C14H22BrNO2/c1-8-9(2)13(18-5)11(10(3)12(8)15)14(4,6-16)7-17/h17H,6-7,16H2,1-5H3. The van der Waals surface area contributed by atoms with Gasteiger partial charge in [0.15, 0.2) is 0 Å². The molecule has 0 fully saturated rings. The molecule has 0 spiro atoms. The quantitative estimate of drug-likeness (QED) is 0.898. The maximum absolute atomic E-state index is 9.68. The van der Waals surface area contributed by atoms with Gasteiger partial charge >= 0.3 is 0 Å². The molecule has 0 saturated carbocycles. The van der Waals surface area contributed by atoms with Crippen molar-refractivity contribution >= 4 is 15.9 Å². The molecule has 1 aromatic carbocycles. The van der Waals surface area contributed by atoms with Crippen molar-refractivity contribution in [2.75, 3.05) is 20.3 Å². The summed E-state index contributed by atoms with van der Waals surface area (Å²) in [5.41, 5.74) is 9.67. The second-order valence-corrected chi connectivity index (χ2v) is 5.81. The van der Waals surface area contributed by atoms with Crippen LogP contribution in [0.1, 0.15) is 29.2 Å². The Morgan fingerprint density at radius 1 is 1.22 bits per heavy atom. The summed E-state index contributed by atoms with van der Waals surface area (Å²) >= 11 is 3.62. The zero-order chi connectivity index (χ0) is 14.1. The van der Waals surface area contributed by atoms with Crippen LogP contribution < -0.4 is 10.5 Å². The van der Waals surface area contributed by atoms with Crippen LogP contribution in [0.5, 0.6) is 5.75 Å². The van der Waals surface area contributed by atoms with E-state index in [4.69, 9.17) is 10.5 Å². The second kappa shape index (κ2) is 5.59. The van der Waals surface area contributed by atoms with E-state index in [1.54, 1.807) is 7.11 Å². The van der Waals surface area contributed by atoms with Crippen molar-refractivity contribution in [3.05, 3.63) is 26.7 Å². The molecule has 0 aliphatic heterocycles. The van der Waals surface area contributed by atoms with E-state index in [2.05, 4.69) is 22.9 Å². The number of benzene rings is 1. The smallest absolute Gasteiger partial charge is 0.126 e. The van der Waals surface area contributed by atoms with Gasteiger partial charge in [-0.25, -0.2) is 0 Å². The highest BCUT2D eigenvalue weighted by molar-refractivity contribution is 9.10. The zero-order valence-electron chi connectivity index (χ0n) is 11.7. The van der Waals surface area contributed by atoms with Crippen LogP contribution in [0.15, 0.2) is 4.47 Å². The molecule has 0 aliphatic carbocycles. The number of hydrogen-bond donors (Lipinski definition) is 2. The first-order chi connectivity index (χ1) is 8.33. The minimum Gasteiger partial charge on any atom is -0.496 e. The van der Waals surface area contributed by atoms with Crippen LogP contribution in [0.4, 0.5) is 0 Å². The molecule has 4 heteroatoms. The Bertz CT molecular complexity index is 454. The van der Waals surface area contributed by atoms with Crippen LogP contribution in [0.3, 0.4) is 0 Å². The topological polar surface area (TPSA) is 55.5 Å². The van der Waals surface area contributed by atoms with E-state index in [9.17, 15) is 5.11 Å². The van der Waals surface area contributed by atoms with Gasteiger partial charge in [-0.05, 0) is 37.5 Å². The molecule has 18 heavy (non-hydrogen) atoms. The van der Waals surface area contributed by atoms with Crippen LogP contribution >= 0.6 is 15.9 Å². The Labute approximate surface area is 117 Å². The summed E-state index contributed by atoms with van der Waals surface area (Å²) in [5.74, 6) is 0.829. The van der Waals surface area contributed by atoms with Crippen molar-refractivity contribution in [3.8, 4) is 5.75 Å². The lowest BCUT2D eigenvalue weighted by Crippen LogP contribution is -2.37. The van der Waals surface area contributed by atoms with E-state index in [1.807, 2.05) is 20.8 Å². The molecule has 102 valence electrons. The zero-order valence-corrected chi connectivity index (χ0v) is 13.3. The van der Waals surface area contributed by atoms with E-state index < -0.39 is 5.41 Å². The van der Waals surface area contributed by atoms with E-state index in [0.29, 0.717) is 6.54 Å². The summed E-state index contributed by atoms with van der Waals surface area (Å²) in [4.78, 5) is 0. The monoisotopic (exact) mass is 315 g/mol. The van der Waals surface area contributed by atoms with Crippen molar-refractivity contribution in [3.63, 3.8) is 0 Å². The second-order valence-electron chi connectivity index (χ2n) is 5.02. The van der Waals surface area contributed by atoms with Crippen molar-refractivity contribution in [1.29, 1.82) is 0 Å². The highest BCUT2D eigenvalue weighted by Gasteiger charge is 2.32. The highest BCUT2D eigenvalue weighted by atomic mass is 79.9. The van der Waals surface area contributed by atoms with Crippen LogP contribution in [0, 0.1) is 20.8 Å². The van der Waals surface area contributed by atoms with Gasteiger partial charge in [0.25, 0.3) is 0 Å². The summed E-state index contributed by atoms with van der Waals surface area (Å²) in [7, 11) is 1.66. The summed E-state index contributed by atoms with van der Waals surface area (Å²) in [5, 5.41) is 9.68. The number of aliphatic hydroxyl groups is 1. The van der Waals surface area contributed by atoms with E-state index in [1.165, 1.54) is 0 Å². The first-order valence-electron chi connectivity index (χ1n) is 5.98. The fourth-order valence-electron chi connectivity index (χ4n) is 2.31. The summed E-state index contributed by atoms with van der Waals surface area (Å²) in [6, 6.07) is 0. The summed E-state index contributed by atoms with van der Waals surface area (Å²) < 4.78 is 6.61. The van der Waals surface area contributed by atoms with Crippen LogP contribution in [-0.2, 0) is 5.41 Å². The molecule has 0 aliphatic rings. The van der Waals surface area contributed by atoms with Gasteiger partial charge in [0, 0.05) is 22.0 Å². The molecule has 1 rings (SSSR count). The van der Waals surface area contributed by atoms with Crippen LogP contribution in [0.2, 0.25) is 0 Å². The minimum absolute atomic E-state index is 0.00432. The summed E-state index contributed by atoms with van der Waals surface area (Å²) in [6.07, 6.45) is 0.